The van der Waals surface area contributed by atoms with E-state index in [1.807, 2.05) is 13.8 Å². The van der Waals surface area contributed by atoms with Crippen molar-refractivity contribution < 1.29 is 9.53 Å². The van der Waals surface area contributed by atoms with Crippen molar-refractivity contribution in [2.45, 2.75) is 32.6 Å². The van der Waals surface area contributed by atoms with Crippen LogP contribution in [0.1, 0.15) is 37.0 Å². The zero-order chi connectivity index (χ0) is 18.0. The second-order valence-electron chi connectivity index (χ2n) is 5.80. The summed E-state index contributed by atoms with van der Waals surface area (Å²) < 4.78 is 6.85. The Balaban J connectivity index is 1.61. The molecule has 0 spiro atoms. The number of benzene rings is 1. The molecule has 132 valence electrons. The Morgan fingerprint density at radius 1 is 1.40 bits per heavy atom. The number of ether oxygens (including phenoxy) is 1. The topological polar surface area (TPSA) is 81.4 Å². The lowest BCUT2D eigenvalue weighted by Gasteiger charge is -2.07. The molecule has 3 rings (SSSR count). The molecule has 0 aliphatic rings. The van der Waals surface area contributed by atoms with Crippen LogP contribution < -0.4 is 10.1 Å². The number of halogens is 1. The minimum atomic E-state index is -0.101. The van der Waals surface area contributed by atoms with Crippen LogP contribution >= 0.6 is 22.9 Å². The Morgan fingerprint density at radius 3 is 2.88 bits per heavy atom. The van der Waals surface area contributed by atoms with Crippen LogP contribution in [0.2, 0.25) is 5.02 Å². The number of nitrogens with one attached hydrogen (secondary N) is 1. The van der Waals surface area contributed by atoms with Crippen molar-refractivity contribution in [3.8, 4) is 5.75 Å². The molecule has 0 atom stereocenters. The Bertz CT molecular complexity index is 905. The Morgan fingerprint density at radius 2 is 2.20 bits per heavy atom. The SMILES string of the molecule is COc1ccc(NC(=O)CCc2nn3c(C(C)C)nnc3s2)cc1Cl. The van der Waals surface area contributed by atoms with Gasteiger partial charge >= 0.3 is 0 Å². The highest BCUT2D eigenvalue weighted by molar-refractivity contribution is 7.16. The number of rotatable bonds is 6. The average Bonchev–Trinajstić information content (AvgIpc) is 3.12. The number of anilines is 1. The van der Waals surface area contributed by atoms with Crippen LogP contribution in [0.25, 0.3) is 4.96 Å². The molecule has 0 aliphatic heterocycles. The van der Waals surface area contributed by atoms with Gasteiger partial charge in [-0.1, -0.05) is 36.8 Å². The molecule has 1 N–H and O–H groups in total. The second kappa shape index (κ2) is 7.37. The van der Waals surface area contributed by atoms with E-state index in [0.717, 1.165) is 15.8 Å². The van der Waals surface area contributed by atoms with Gasteiger partial charge in [0.2, 0.25) is 10.9 Å². The average molecular weight is 380 g/mol. The molecule has 25 heavy (non-hydrogen) atoms. The van der Waals surface area contributed by atoms with Crippen LogP contribution in [-0.4, -0.2) is 32.8 Å². The quantitative estimate of drug-likeness (QED) is 0.708. The van der Waals surface area contributed by atoms with Crippen molar-refractivity contribution in [1.82, 2.24) is 19.8 Å². The first-order chi connectivity index (χ1) is 12.0. The molecule has 0 bridgehead atoms. The second-order valence-corrected chi connectivity index (χ2v) is 7.25. The van der Waals surface area contributed by atoms with Crippen LogP contribution in [0.4, 0.5) is 5.69 Å². The lowest BCUT2D eigenvalue weighted by Crippen LogP contribution is -2.12. The number of fused-ring (bicyclic) bond motifs is 1. The molecule has 2 heterocycles. The lowest BCUT2D eigenvalue weighted by atomic mass is 10.2. The summed E-state index contributed by atoms with van der Waals surface area (Å²) in [5.74, 6) is 1.54. The number of amides is 1. The van der Waals surface area contributed by atoms with Crippen molar-refractivity contribution in [1.29, 1.82) is 0 Å². The maximum Gasteiger partial charge on any atom is 0.234 e. The van der Waals surface area contributed by atoms with Gasteiger partial charge in [0.05, 0.1) is 12.1 Å². The first kappa shape index (κ1) is 17.6. The first-order valence-corrected chi connectivity index (χ1v) is 9.01. The highest BCUT2D eigenvalue weighted by Crippen LogP contribution is 2.27. The van der Waals surface area contributed by atoms with Crippen molar-refractivity contribution in [2.24, 2.45) is 0 Å². The number of aryl methyl sites for hydroxylation is 1. The van der Waals surface area contributed by atoms with Gasteiger partial charge in [0.25, 0.3) is 0 Å². The maximum absolute atomic E-state index is 12.1. The number of hydrogen-bond donors (Lipinski definition) is 1. The van der Waals surface area contributed by atoms with E-state index in [-0.39, 0.29) is 11.8 Å². The third-order valence-electron chi connectivity index (χ3n) is 3.57. The van der Waals surface area contributed by atoms with Gasteiger partial charge in [-0.25, -0.2) is 0 Å². The molecular formula is C16H18ClN5O2S. The van der Waals surface area contributed by atoms with E-state index in [9.17, 15) is 4.79 Å². The fourth-order valence-electron chi connectivity index (χ4n) is 2.32. The van der Waals surface area contributed by atoms with Gasteiger partial charge < -0.3 is 10.1 Å². The number of carbonyl (C=O) groups excluding carboxylic acids is 1. The minimum absolute atomic E-state index is 0.101. The van der Waals surface area contributed by atoms with Gasteiger partial charge in [-0.2, -0.15) is 9.61 Å². The van der Waals surface area contributed by atoms with Crippen molar-refractivity contribution in [3.05, 3.63) is 34.1 Å². The summed E-state index contributed by atoms with van der Waals surface area (Å²) in [4.78, 5) is 12.9. The predicted octanol–water partition coefficient (Wildman–Crippen LogP) is 3.54. The highest BCUT2D eigenvalue weighted by Gasteiger charge is 2.15. The van der Waals surface area contributed by atoms with Gasteiger partial charge in [-0.15, -0.1) is 10.2 Å². The van der Waals surface area contributed by atoms with Crippen LogP contribution in [0, 0.1) is 0 Å². The molecule has 0 radical (unpaired) electrons. The van der Waals surface area contributed by atoms with E-state index < -0.39 is 0 Å². The van der Waals surface area contributed by atoms with E-state index in [0.29, 0.717) is 29.3 Å². The number of methoxy groups -OCH3 is 1. The van der Waals surface area contributed by atoms with Gasteiger partial charge in [-0.3, -0.25) is 4.79 Å². The van der Waals surface area contributed by atoms with Crippen molar-refractivity contribution >= 4 is 39.5 Å². The Labute approximate surface area is 154 Å². The largest absolute Gasteiger partial charge is 0.495 e. The third-order valence-corrected chi connectivity index (χ3v) is 4.83. The summed E-state index contributed by atoms with van der Waals surface area (Å²) in [6.45, 7) is 4.09. The number of aromatic nitrogens is 4. The van der Waals surface area contributed by atoms with Crippen molar-refractivity contribution in [2.75, 3.05) is 12.4 Å². The summed E-state index contributed by atoms with van der Waals surface area (Å²) in [5, 5.41) is 16.9. The summed E-state index contributed by atoms with van der Waals surface area (Å²) in [6.07, 6.45) is 0.867. The monoisotopic (exact) mass is 379 g/mol. The molecule has 3 aromatic rings. The zero-order valence-electron chi connectivity index (χ0n) is 14.1. The van der Waals surface area contributed by atoms with E-state index in [1.54, 1.807) is 29.8 Å². The minimum Gasteiger partial charge on any atom is -0.495 e. The summed E-state index contributed by atoms with van der Waals surface area (Å²) >= 11 is 7.51. The molecule has 2 aromatic heterocycles. The van der Waals surface area contributed by atoms with Crippen LogP contribution in [0.3, 0.4) is 0 Å². The third kappa shape index (κ3) is 3.91. The maximum atomic E-state index is 12.1. The molecule has 0 saturated heterocycles. The van der Waals surface area contributed by atoms with Gasteiger partial charge in [0.15, 0.2) is 5.82 Å². The number of hydrogen-bond acceptors (Lipinski definition) is 6. The fourth-order valence-corrected chi connectivity index (χ4v) is 3.42. The van der Waals surface area contributed by atoms with Gasteiger partial charge in [-0.05, 0) is 18.2 Å². The number of nitrogens with zero attached hydrogens (tertiary/aromatic N) is 4. The molecule has 0 aliphatic carbocycles. The predicted molar refractivity (Wildman–Crippen MR) is 97.7 cm³/mol. The molecule has 0 unspecified atom stereocenters. The summed E-state index contributed by atoms with van der Waals surface area (Å²) in [5.41, 5.74) is 0.635. The van der Waals surface area contributed by atoms with Crippen LogP contribution in [0.15, 0.2) is 18.2 Å². The summed E-state index contributed by atoms with van der Waals surface area (Å²) in [6, 6.07) is 5.13. The van der Waals surface area contributed by atoms with Crippen LogP contribution in [0.5, 0.6) is 5.75 Å². The van der Waals surface area contributed by atoms with E-state index in [2.05, 4.69) is 20.6 Å². The van der Waals surface area contributed by atoms with E-state index in [1.165, 1.54) is 11.3 Å². The van der Waals surface area contributed by atoms with Gasteiger partial charge in [0.1, 0.15) is 10.8 Å². The fraction of sp³-hybridized carbons (Fsp3) is 0.375. The molecule has 7 nitrogen and oxygen atoms in total. The lowest BCUT2D eigenvalue weighted by molar-refractivity contribution is -0.116. The molecular weight excluding hydrogens is 362 g/mol. The molecule has 1 amide bonds. The normalized spacial score (nSPS) is 11.2. The smallest absolute Gasteiger partial charge is 0.234 e. The van der Waals surface area contributed by atoms with Crippen molar-refractivity contribution in [3.63, 3.8) is 0 Å². The van der Waals surface area contributed by atoms with E-state index in [4.69, 9.17) is 16.3 Å². The molecule has 0 fully saturated rings. The Hall–Kier alpha value is -2.19. The Kier molecular flexibility index (Phi) is 5.19. The first-order valence-electron chi connectivity index (χ1n) is 7.82. The van der Waals surface area contributed by atoms with E-state index >= 15 is 0 Å². The molecule has 1 aromatic carbocycles. The van der Waals surface area contributed by atoms with Gasteiger partial charge in [0, 0.05) is 24.4 Å². The highest BCUT2D eigenvalue weighted by atomic mass is 35.5. The standard InChI is InChI=1S/C16H18ClN5O2S/c1-9(2)15-19-20-16-22(15)21-14(25-16)7-6-13(23)18-10-4-5-12(24-3)11(17)8-10/h4-5,8-9H,6-7H2,1-3H3,(H,18,23). The summed E-state index contributed by atoms with van der Waals surface area (Å²) in [7, 11) is 1.55. The zero-order valence-corrected chi connectivity index (χ0v) is 15.7. The molecule has 9 heteroatoms. The number of carbonyl (C=O) groups is 1. The van der Waals surface area contributed by atoms with Crippen LogP contribution in [-0.2, 0) is 11.2 Å². The molecule has 0 saturated carbocycles.